The van der Waals surface area contributed by atoms with Crippen LogP contribution < -0.4 is 5.32 Å². The van der Waals surface area contributed by atoms with Crippen LogP contribution in [0.5, 0.6) is 0 Å². The van der Waals surface area contributed by atoms with Crippen LogP contribution in [0, 0.1) is 0 Å². The Hall–Kier alpha value is -2.40. The highest BCUT2D eigenvalue weighted by Crippen LogP contribution is 2.38. The number of hydrogen-bond donors (Lipinski definition) is 1. The molecule has 1 aromatic carbocycles. The van der Waals surface area contributed by atoms with E-state index in [0.29, 0.717) is 0 Å². The van der Waals surface area contributed by atoms with Crippen LogP contribution in [0.15, 0.2) is 34.9 Å². The van der Waals surface area contributed by atoms with E-state index in [9.17, 15) is 0 Å². The smallest absolute Gasteiger partial charge is 0.170 e. The lowest BCUT2D eigenvalue weighted by atomic mass is 9.97. The van der Waals surface area contributed by atoms with Crippen molar-refractivity contribution in [2.45, 2.75) is 25.9 Å². The first-order chi connectivity index (χ1) is 10.9. The highest BCUT2D eigenvalue weighted by atomic mass is 16.5. The molecule has 0 atom stereocenters. The first kappa shape index (κ1) is 12.2. The minimum atomic E-state index is 0.873. The van der Waals surface area contributed by atoms with Gasteiger partial charge in [0, 0.05) is 42.7 Å². The third kappa shape index (κ3) is 1.63. The zero-order valence-electron chi connectivity index (χ0n) is 12.2. The number of hydrogen-bond acceptors (Lipinski definition) is 4. The van der Waals surface area contributed by atoms with Crippen molar-refractivity contribution in [2.75, 3.05) is 6.54 Å². The summed E-state index contributed by atoms with van der Waals surface area (Å²) >= 11 is 0. The summed E-state index contributed by atoms with van der Waals surface area (Å²) in [6.07, 6.45) is 1.91. The number of nitrogens with one attached hydrogen (secondary N) is 1. The molecule has 0 aliphatic carbocycles. The fraction of sp³-hybridized carbons (Fsp3) is 0.294. The maximum Gasteiger partial charge on any atom is 0.170 e. The predicted octanol–water partition coefficient (Wildman–Crippen LogP) is 2.41. The Kier molecular flexibility index (Phi) is 2.52. The van der Waals surface area contributed by atoms with Crippen LogP contribution in [-0.2, 0) is 25.9 Å². The van der Waals surface area contributed by atoms with E-state index < -0.39 is 0 Å². The molecule has 4 heterocycles. The Bertz CT molecular complexity index is 847. The average Bonchev–Trinajstić information content (AvgIpc) is 3.16. The van der Waals surface area contributed by atoms with E-state index in [-0.39, 0.29) is 0 Å². The Balaban J connectivity index is 1.70. The van der Waals surface area contributed by atoms with E-state index >= 15 is 0 Å². The van der Waals surface area contributed by atoms with Gasteiger partial charge in [-0.25, -0.2) is 0 Å². The summed E-state index contributed by atoms with van der Waals surface area (Å²) in [6, 6.07) is 10.2. The molecule has 0 saturated heterocycles. The van der Waals surface area contributed by atoms with Gasteiger partial charge in [0.2, 0.25) is 0 Å². The van der Waals surface area contributed by atoms with Gasteiger partial charge in [0.15, 0.2) is 5.76 Å². The van der Waals surface area contributed by atoms with Crippen LogP contribution >= 0.6 is 0 Å². The number of nitrogens with zero attached hydrogens (tertiary/aromatic N) is 3. The molecule has 0 spiro atoms. The van der Waals surface area contributed by atoms with E-state index in [4.69, 9.17) is 9.62 Å². The molecule has 2 aliphatic heterocycles. The van der Waals surface area contributed by atoms with E-state index in [1.807, 2.05) is 18.2 Å². The summed E-state index contributed by atoms with van der Waals surface area (Å²) in [5, 5.41) is 12.6. The van der Waals surface area contributed by atoms with Crippen molar-refractivity contribution < 1.29 is 4.52 Å². The second-order valence-corrected chi connectivity index (χ2v) is 5.88. The van der Waals surface area contributed by atoms with Gasteiger partial charge in [0.05, 0.1) is 11.4 Å². The minimum absolute atomic E-state index is 0.873. The molecule has 0 unspecified atom stereocenters. The summed E-state index contributed by atoms with van der Waals surface area (Å²) in [4.78, 5) is 0. The number of rotatable bonds is 1. The number of fused-ring (bicyclic) bond motifs is 5. The zero-order chi connectivity index (χ0) is 14.5. The van der Waals surface area contributed by atoms with Crippen molar-refractivity contribution in [3.8, 4) is 22.7 Å². The maximum absolute atomic E-state index is 5.71. The molecule has 22 heavy (non-hydrogen) atoms. The van der Waals surface area contributed by atoms with Crippen molar-refractivity contribution in [2.24, 2.45) is 0 Å². The molecule has 2 aromatic heterocycles. The van der Waals surface area contributed by atoms with E-state index in [2.05, 4.69) is 27.3 Å². The normalized spacial score (nSPS) is 16.0. The highest BCUT2D eigenvalue weighted by molar-refractivity contribution is 5.74. The molecular formula is C17H16N4O. The predicted molar refractivity (Wildman–Crippen MR) is 82.3 cm³/mol. The van der Waals surface area contributed by atoms with Crippen molar-refractivity contribution in [1.82, 2.24) is 20.3 Å². The van der Waals surface area contributed by atoms with Crippen molar-refractivity contribution in [1.29, 1.82) is 0 Å². The first-order valence-corrected chi connectivity index (χ1v) is 7.75. The molecule has 0 fully saturated rings. The average molecular weight is 292 g/mol. The Morgan fingerprint density at radius 1 is 1.09 bits per heavy atom. The van der Waals surface area contributed by atoms with Crippen LogP contribution in [0.1, 0.15) is 16.8 Å². The number of aryl methyl sites for hydroxylation is 1. The van der Waals surface area contributed by atoms with Gasteiger partial charge in [-0.15, -0.1) is 0 Å². The monoisotopic (exact) mass is 292 g/mol. The lowest BCUT2D eigenvalue weighted by Crippen LogP contribution is -2.23. The van der Waals surface area contributed by atoms with Crippen LogP contribution in [-0.4, -0.2) is 21.5 Å². The molecule has 0 saturated carbocycles. The van der Waals surface area contributed by atoms with Gasteiger partial charge in [-0.2, -0.15) is 5.10 Å². The Morgan fingerprint density at radius 2 is 2.00 bits per heavy atom. The first-order valence-electron chi connectivity index (χ1n) is 7.75. The molecule has 0 radical (unpaired) electrons. The van der Waals surface area contributed by atoms with Crippen molar-refractivity contribution in [3.05, 3.63) is 47.2 Å². The number of aromatic nitrogens is 3. The van der Waals surface area contributed by atoms with Gasteiger partial charge in [-0.05, 0) is 6.42 Å². The Labute approximate surface area is 127 Å². The SMILES string of the molecule is c1ccc(-c2onc3c2CCn2nc4c(c2-3)CNCC4)cc1. The molecule has 1 N–H and O–H groups in total. The van der Waals surface area contributed by atoms with Gasteiger partial charge in [0.1, 0.15) is 5.69 Å². The summed E-state index contributed by atoms with van der Waals surface area (Å²) in [6.45, 7) is 2.78. The van der Waals surface area contributed by atoms with Gasteiger partial charge in [0.25, 0.3) is 0 Å². The largest absolute Gasteiger partial charge is 0.355 e. The lowest BCUT2D eigenvalue weighted by molar-refractivity contribution is 0.434. The molecule has 0 amide bonds. The topological polar surface area (TPSA) is 55.9 Å². The standard InChI is InChI=1S/C17H16N4O/c1-2-4-11(5-3-1)17-12-7-9-21-16(15(12)20-22-17)13-10-18-8-6-14(13)19-21/h1-5,18H,6-10H2. The number of benzene rings is 1. The molecule has 3 aromatic rings. The molecule has 2 aliphatic rings. The van der Waals surface area contributed by atoms with Crippen LogP contribution in [0.2, 0.25) is 0 Å². The van der Waals surface area contributed by atoms with Gasteiger partial charge >= 0.3 is 0 Å². The van der Waals surface area contributed by atoms with Gasteiger partial charge in [-0.1, -0.05) is 35.5 Å². The van der Waals surface area contributed by atoms with E-state index in [0.717, 1.165) is 55.2 Å². The maximum atomic E-state index is 5.71. The van der Waals surface area contributed by atoms with Gasteiger partial charge < -0.3 is 9.84 Å². The molecule has 5 nitrogen and oxygen atoms in total. The van der Waals surface area contributed by atoms with Crippen LogP contribution in [0.4, 0.5) is 0 Å². The molecule has 5 rings (SSSR count). The Morgan fingerprint density at radius 3 is 2.91 bits per heavy atom. The van der Waals surface area contributed by atoms with Crippen LogP contribution in [0.25, 0.3) is 22.7 Å². The molecule has 110 valence electrons. The fourth-order valence-corrected chi connectivity index (χ4v) is 3.54. The molecule has 0 bridgehead atoms. The third-order valence-corrected chi connectivity index (χ3v) is 4.60. The zero-order valence-corrected chi connectivity index (χ0v) is 12.2. The summed E-state index contributed by atoms with van der Waals surface area (Å²) < 4.78 is 7.82. The summed E-state index contributed by atoms with van der Waals surface area (Å²) in [5.41, 5.74) is 6.94. The minimum Gasteiger partial charge on any atom is -0.355 e. The van der Waals surface area contributed by atoms with E-state index in [1.54, 1.807) is 0 Å². The second-order valence-electron chi connectivity index (χ2n) is 5.88. The summed E-state index contributed by atoms with van der Waals surface area (Å²) in [5.74, 6) is 0.903. The fourth-order valence-electron chi connectivity index (χ4n) is 3.54. The lowest BCUT2D eigenvalue weighted by Gasteiger charge is -2.16. The third-order valence-electron chi connectivity index (χ3n) is 4.60. The molecular weight excluding hydrogens is 276 g/mol. The van der Waals surface area contributed by atoms with Crippen LogP contribution in [0.3, 0.4) is 0 Å². The molecule has 5 heteroatoms. The highest BCUT2D eigenvalue weighted by Gasteiger charge is 2.30. The quantitative estimate of drug-likeness (QED) is 0.748. The van der Waals surface area contributed by atoms with E-state index in [1.165, 1.54) is 16.8 Å². The summed E-state index contributed by atoms with van der Waals surface area (Å²) in [7, 11) is 0. The van der Waals surface area contributed by atoms with Gasteiger partial charge in [-0.3, -0.25) is 4.68 Å². The van der Waals surface area contributed by atoms with Crippen molar-refractivity contribution in [3.63, 3.8) is 0 Å². The van der Waals surface area contributed by atoms with Crippen molar-refractivity contribution >= 4 is 0 Å². The second kappa shape index (κ2) is 4.55.